The molecule has 1 atom stereocenters. The normalized spacial score (nSPS) is 16.1. The predicted molar refractivity (Wildman–Crippen MR) is 105 cm³/mol. The number of methoxy groups -OCH3 is 1. The van der Waals surface area contributed by atoms with E-state index in [1.807, 2.05) is 42.5 Å². The lowest BCUT2D eigenvalue weighted by atomic mass is 10.1. The summed E-state index contributed by atoms with van der Waals surface area (Å²) in [5.74, 6) is 0.367. The van der Waals surface area contributed by atoms with Gasteiger partial charge >= 0.3 is 5.97 Å². The molecule has 29 heavy (non-hydrogen) atoms. The average molecular weight is 392 g/mol. The summed E-state index contributed by atoms with van der Waals surface area (Å²) in [6.07, 6.45) is 1.69. The summed E-state index contributed by atoms with van der Waals surface area (Å²) >= 11 is 0. The number of esters is 1. The smallest absolute Gasteiger partial charge is 0.311 e. The minimum Gasteiger partial charge on any atom is -0.495 e. The van der Waals surface area contributed by atoms with Crippen molar-refractivity contribution in [1.29, 1.82) is 0 Å². The molecule has 0 saturated carbocycles. The van der Waals surface area contributed by atoms with E-state index in [0.29, 0.717) is 23.1 Å². The molecule has 4 rings (SSSR count). The fourth-order valence-electron chi connectivity index (χ4n) is 3.31. The number of nitrogens with zero attached hydrogens (tertiary/aromatic N) is 2. The number of hydrogen-bond acceptors (Lipinski definition) is 6. The number of anilines is 1. The summed E-state index contributed by atoms with van der Waals surface area (Å²) in [5.41, 5.74) is 1.54. The van der Waals surface area contributed by atoms with Crippen molar-refractivity contribution >= 4 is 17.6 Å². The fourth-order valence-corrected chi connectivity index (χ4v) is 3.31. The van der Waals surface area contributed by atoms with Crippen LogP contribution in [0.3, 0.4) is 0 Å². The van der Waals surface area contributed by atoms with E-state index in [-0.39, 0.29) is 25.5 Å². The number of para-hydroxylation sites is 2. The molecule has 0 spiro atoms. The third-order valence-corrected chi connectivity index (χ3v) is 4.78. The summed E-state index contributed by atoms with van der Waals surface area (Å²) in [6.45, 7) is 0.171. The third-order valence-electron chi connectivity index (χ3n) is 4.78. The Balaban J connectivity index is 1.37. The van der Waals surface area contributed by atoms with Gasteiger partial charge in [-0.25, -0.2) is 4.98 Å². The second-order valence-electron chi connectivity index (χ2n) is 6.67. The zero-order valence-corrected chi connectivity index (χ0v) is 15.9. The van der Waals surface area contributed by atoms with E-state index in [9.17, 15) is 9.59 Å². The molecule has 148 valence electrons. The molecule has 0 aliphatic carbocycles. The topological polar surface area (TPSA) is 81.9 Å². The highest BCUT2D eigenvalue weighted by Crippen LogP contribution is 2.33. The van der Waals surface area contributed by atoms with E-state index in [1.54, 1.807) is 30.3 Å². The van der Waals surface area contributed by atoms with Gasteiger partial charge in [0.05, 0.1) is 24.9 Å². The van der Waals surface area contributed by atoms with Crippen molar-refractivity contribution in [3.63, 3.8) is 0 Å². The lowest BCUT2D eigenvalue weighted by Crippen LogP contribution is -2.26. The molecule has 2 aromatic carbocycles. The van der Waals surface area contributed by atoms with Crippen molar-refractivity contribution in [1.82, 2.24) is 4.98 Å². The molecule has 0 bridgehead atoms. The number of rotatable bonds is 6. The molecule has 1 amide bonds. The van der Waals surface area contributed by atoms with E-state index in [2.05, 4.69) is 4.98 Å². The summed E-state index contributed by atoms with van der Waals surface area (Å²) in [5, 5.41) is 0. The maximum Gasteiger partial charge on any atom is 0.311 e. The summed E-state index contributed by atoms with van der Waals surface area (Å²) < 4.78 is 16.3. The maximum atomic E-state index is 12.5. The van der Waals surface area contributed by atoms with Gasteiger partial charge in [-0.15, -0.1) is 0 Å². The number of ether oxygens (including phenoxy) is 2. The summed E-state index contributed by atoms with van der Waals surface area (Å²) in [4.78, 5) is 30.6. The van der Waals surface area contributed by atoms with Crippen LogP contribution >= 0.6 is 0 Å². The van der Waals surface area contributed by atoms with Gasteiger partial charge in [-0.1, -0.05) is 42.5 Å². The number of carbonyl (C=O) groups excluding carboxylic acids is 2. The molecule has 1 fully saturated rings. The van der Waals surface area contributed by atoms with Crippen LogP contribution in [0.5, 0.6) is 5.75 Å². The van der Waals surface area contributed by atoms with Gasteiger partial charge in [-0.05, 0) is 12.1 Å². The zero-order valence-electron chi connectivity index (χ0n) is 15.9. The van der Waals surface area contributed by atoms with E-state index in [1.165, 1.54) is 0 Å². The molecule has 0 unspecified atom stereocenters. The molecular formula is C22H20N2O5. The van der Waals surface area contributed by atoms with Gasteiger partial charge in [0.1, 0.15) is 5.75 Å². The van der Waals surface area contributed by atoms with Gasteiger partial charge in [0.15, 0.2) is 12.4 Å². The monoisotopic (exact) mass is 392 g/mol. The van der Waals surface area contributed by atoms with Crippen LogP contribution in [-0.2, 0) is 20.9 Å². The van der Waals surface area contributed by atoms with E-state index >= 15 is 0 Å². The predicted octanol–water partition coefficient (Wildman–Crippen LogP) is 3.45. The quantitative estimate of drug-likeness (QED) is 0.598. The summed E-state index contributed by atoms with van der Waals surface area (Å²) in [6, 6.07) is 16.8. The fraction of sp³-hybridized carbons (Fsp3) is 0.227. The molecule has 2 heterocycles. The number of benzene rings is 2. The van der Waals surface area contributed by atoms with E-state index in [4.69, 9.17) is 13.9 Å². The van der Waals surface area contributed by atoms with Crippen molar-refractivity contribution in [2.45, 2.75) is 13.0 Å². The van der Waals surface area contributed by atoms with Gasteiger partial charge in [-0.3, -0.25) is 9.59 Å². The largest absolute Gasteiger partial charge is 0.495 e. The van der Waals surface area contributed by atoms with Crippen LogP contribution in [0.4, 0.5) is 5.69 Å². The minimum atomic E-state index is -0.545. The molecule has 1 aromatic heterocycles. The molecule has 1 aliphatic heterocycles. The first-order chi connectivity index (χ1) is 14.2. The maximum absolute atomic E-state index is 12.5. The highest BCUT2D eigenvalue weighted by molar-refractivity contribution is 6.00. The number of hydrogen-bond donors (Lipinski definition) is 0. The van der Waals surface area contributed by atoms with Crippen molar-refractivity contribution in [3.05, 3.63) is 66.7 Å². The molecule has 1 aliphatic rings. The van der Waals surface area contributed by atoms with Crippen molar-refractivity contribution < 1.29 is 23.5 Å². The van der Waals surface area contributed by atoms with Gasteiger partial charge in [0, 0.05) is 18.5 Å². The second kappa shape index (κ2) is 8.18. The molecule has 0 N–H and O–H groups in total. The lowest BCUT2D eigenvalue weighted by molar-refractivity contribution is -0.150. The second-order valence-corrected chi connectivity index (χ2v) is 6.67. The number of amides is 1. The van der Waals surface area contributed by atoms with Crippen LogP contribution in [0.25, 0.3) is 11.3 Å². The molecule has 0 radical (unpaired) electrons. The highest BCUT2D eigenvalue weighted by Gasteiger charge is 2.37. The van der Waals surface area contributed by atoms with Crippen LogP contribution in [0.2, 0.25) is 0 Å². The Kier molecular flexibility index (Phi) is 5.29. The first-order valence-corrected chi connectivity index (χ1v) is 9.26. The molecule has 7 heteroatoms. The van der Waals surface area contributed by atoms with E-state index in [0.717, 1.165) is 5.56 Å². The summed E-state index contributed by atoms with van der Waals surface area (Å²) in [7, 11) is 1.55. The minimum absolute atomic E-state index is 0.0784. The standard InChI is InChI=1S/C22H20N2O5/c1-27-18-10-6-5-9-17(18)24-13-16(11-21(24)25)22(26)28-14-20-23-12-19(29-20)15-7-3-2-4-8-15/h2-10,12,16H,11,13-14H2,1H3/t16-/m1/s1. The Hall–Kier alpha value is -3.61. The highest BCUT2D eigenvalue weighted by atomic mass is 16.5. The first kappa shape index (κ1) is 18.7. The Morgan fingerprint density at radius 1 is 1.17 bits per heavy atom. The van der Waals surface area contributed by atoms with Gasteiger partial charge in [-0.2, -0.15) is 0 Å². The van der Waals surface area contributed by atoms with Crippen molar-refractivity contribution in [2.24, 2.45) is 5.92 Å². The molecule has 3 aromatic rings. The molecular weight excluding hydrogens is 372 g/mol. The lowest BCUT2D eigenvalue weighted by Gasteiger charge is -2.19. The van der Waals surface area contributed by atoms with Crippen LogP contribution in [0, 0.1) is 5.92 Å². The number of carbonyl (C=O) groups is 2. The Bertz CT molecular complexity index is 1010. The first-order valence-electron chi connectivity index (χ1n) is 9.26. The van der Waals surface area contributed by atoms with E-state index < -0.39 is 11.9 Å². The third kappa shape index (κ3) is 3.99. The number of oxazole rings is 1. The molecule has 7 nitrogen and oxygen atoms in total. The Morgan fingerprint density at radius 2 is 1.93 bits per heavy atom. The van der Waals surface area contributed by atoms with Crippen LogP contribution in [0.1, 0.15) is 12.3 Å². The van der Waals surface area contributed by atoms with Crippen molar-refractivity contribution in [2.75, 3.05) is 18.6 Å². The van der Waals surface area contributed by atoms with Gasteiger partial charge in [0.2, 0.25) is 11.8 Å². The Morgan fingerprint density at radius 3 is 2.72 bits per heavy atom. The van der Waals surface area contributed by atoms with Crippen LogP contribution < -0.4 is 9.64 Å². The van der Waals surface area contributed by atoms with Gasteiger partial charge in [0.25, 0.3) is 0 Å². The zero-order chi connectivity index (χ0) is 20.2. The van der Waals surface area contributed by atoms with Gasteiger partial charge < -0.3 is 18.8 Å². The Labute approximate surface area is 167 Å². The SMILES string of the molecule is COc1ccccc1N1C[C@H](C(=O)OCc2ncc(-c3ccccc3)o2)CC1=O. The molecule has 1 saturated heterocycles. The van der Waals surface area contributed by atoms with Crippen molar-refractivity contribution in [3.8, 4) is 17.1 Å². The number of aromatic nitrogens is 1. The van der Waals surface area contributed by atoms with Crippen LogP contribution in [0.15, 0.2) is 65.2 Å². The average Bonchev–Trinajstić information content (AvgIpc) is 3.39. The van der Waals surface area contributed by atoms with Crippen LogP contribution in [-0.4, -0.2) is 30.5 Å².